The van der Waals surface area contributed by atoms with Crippen LogP contribution in [0.3, 0.4) is 0 Å². The van der Waals surface area contributed by atoms with Gasteiger partial charge in [-0.2, -0.15) is 5.26 Å². The zero-order chi connectivity index (χ0) is 13.6. The minimum atomic E-state index is 0.130. The van der Waals surface area contributed by atoms with Crippen LogP contribution in [-0.2, 0) is 4.79 Å². The van der Waals surface area contributed by atoms with Crippen LogP contribution in [0.2, 0.25) is 0 Å². The van der Waals surface area contributed by atoms with E-state index in [4.69, 9.17) is 5.26 Å². The highest BCUT2D eigenvalue weighted by atomic mass is 16.2. The van der Waals surface area contributed by atoms with Gasteiger partial charge >= 0.3 is 0 Å². The molecule has 0 saturated carbocycles. The number of likely N-dealkylation sites (N-methyl/N-ethyl adjacent to an activating group) is 1. The molecule has 1 fully saturated rings. The minimum Gasteiger partial charge on any atom is -0.344 e. The number of rotatable bonds is 4. The number of hydrogen-bond acceptors (Lipinski definition) is 3. The van der Waals surface area contributed by atoms with Gasteiger partial charge in [0.1, 0.15) is 0 Å². The number of amides is 1. The molecular weight excluding hydrogens is 226 g/mol. The molecule has 0 aromatic carbocycles. The van der Waals surface area contributed by atoms with Gasteiger partial charge in [0.15, 0.2) is 0 Å². The van der Waals surface area contributed by atoms with Crippen LogP contribution in [0, 0.1) is 16.7 Å². The van der Waals surface area contributed by atoms with Gasteiger partial charge < -0.3 is 4.90 Å². The molecule has 0 aromatic rings. The lowest BCUT2D eigenvalue weighted by molar-refractivity contribution is -0.131. The first kappa shape index (κ1) is 15.0. The van der Waals surface area contributed by atoms with Crippen molar-refractivity contribution in [2.45, 2.75) is 39.5 Å². The van der Waals surface area contributed by atoms with Gasteiger partial charge in [-0.1, -0.05) is 13.8 Å². The van der Waals surface area contributed by atoms with Gasteiger partial charge in [-0.3, -0.25) is 9.69 Å². The second-order valence-corrected chi connectivity index (χ2v) is 6.02. The van der Waals surface area contributed by atoms with E-state index in [1.54, 1.807) is 11.9 Å². The van der Waals surface area contributed by atoms with Gasteiger partial charge in [-0.05, 0) is 37.8 Å². The lowest BCUT2D eigenvalue weighted by Crippen LogP contribution is -2.39. The topological polar surface area (TPSA) is 47.3 Å². The average molecular weight is 251 g/mol. The van der Waals surface area contributed by atoms with Crippen molar-refractivity contribution in [2.24, 2.45) is 5.41 Å². The van der Waals surface area contributed by atoms with E-state index in [-0.39, 0.29) is 5.91 Å². The van der Waals surface area contributed by atoms with Crippen molar-refractivity contribution >= 4 is 5.91 Å². The predicted octanol–water partition coefficient (Wildman–Crippen LogP) is 1.87. The molecule has 0 aliphatic carbocycles. The van der Waals surface area contributed by atoms with Crippen LogP contribution in [0.1, 0.15) is 39.5 Å². The summed E-state index contributed by atoms with van der Waals surface area (Å²) < 4.78 is 0. The van der Waals surface area contributed by atoms with Crippen LogP contribution in [-0.4, -0.2) is 48.9 Å². The van der Waals surface area contributed by atoms with E-state index in [1.165, 1.54) is 12.8 Å². The first-order chi connectivity index (χ1) is 8.44. The molecule has 0 unspecified atom stereocenters. The van der Waals surface area contributed by atoms with Crippen LogP contribution in [0.15, 0.2) is 0 Å². The van der Waals surface area contributed by atoms with E-state index in [9.17, 15) is 4.79 Å². The third kappa shape index (κ3) is 5.05. The Hall–Kier alpha value is -1.08. The van der Waals surface area contributed by atoms with Crippen LogP contribution in [0.25, 0.3) is 0 Å². The van der Waals surface area contributed by atoms with E-state index in [1.807, 2.05) is 0 Å². The predicted molar refractivity (Wildman–Crippen MR) is 71.9 cm³/mol. The molecule has 1 heterocycles. The standard InChI is InChI=1S/C14H25N3O/c1-14(2)6-4-10-17(11-7-14)12-13(18)16(3)9-5-8-15/h4-7,9-12H2,1-3H3. The van der Waals surface area contributed by atoms with Crippen LogP contribution < -0.4 is 0 Å². The fourth-order valence-corrected chi connectivity index (χ4v) is 2.29. The van der Waals surface area contributed by atoms with Gasteiger partial charge in [0.05, 0.1) is 19.0 Å². The smallest absolute Gasteiger partial charge is 0.236 e. The highest BCUT2D eigenvalue weighted by Crippen LogP contribution is 2.29. The number of carbonyl (C=O) groups excluding carboxylic acids is 1. The molecule has 102 valence electrons. The molecule has 4 heteroatoms. The molecular formula is C14H25N3O. The average Bonchev–Trinajstić information content (AvgIpc) is 2.48. The highest BCUT2D eigenvalue weighted by Gasteiger charge is 2.24. The molecule has 0 bridgehead atoms. The molecule has 18 heavy (non-hydrogen) atoms. The lowest BCUT2D eigenvalue weighted by Gasteiger charge is -2.24. The summed E-state index contributed by atoms with van der Waals surface area (Å²) in [6.07, 6.45) is 3.97. The Morgan fingerprint density at radius 3 is 2.78 bits per heavy atom. The Labute approximate surface area is 111 Å². The van der Waals surface area contributed by atoms with Gasteiger partial charge in [-0.25, -0.2) is 0 Å². The monoisotopic (exact) mass is 251 g/mol. The molecule has 1 aliphatic heterocycles. The summed E-state index contributed by atoms with van der Waals surface area (Å²) in [6.45, 7) is 7.66. The Balaban J connectivity index is 2.38. The number of nitriles is 1. The molecule has 4 nitrogen and oxygen atoms in total. The Kier molecular flexibility index (Phi) is 5.61. The molecule has 0 spiro atoms. The Morgan fingerprint density at radius 2 is 2.11 bits per heavy atom. The summed E-state index contributed by atoms with van der Waals surface area (Å²) in [5.41, 5.74) is 0.407. The number of carbonyl (C=O) groups is 1. The Morgan fingerprint density at radius 1 is 1.39 bits per heavy atom. The Bertz CT molecular complexity index is 319. The fraction of sp³-hybridized carbons (Fsp3) is 0.857. The van der Waals surface area contributed by atoms with Gasteiger partial charge in [0, 0.05) is 13.6 Å². The van der Waals surface area contributed by atoms with Crippen molar-refractivity contribution < 1.29 is 4.79 Å². The molecule has 0 aromatic heterocycles. The summed E-state index contributed by atoms with van der Waals surface area (Å²) in [4.78, 5) is 15.9. The van der Waals surface area contributed by atoms with Crippen molar-refractivity contribution in [3.63, 3.8) is 0 Å². The largest absolute Gasteiger partial charge is 0.344 e. The summed E-state index contributed by atoms with van der Waals surface area (Å²) in [5.74, 6) is 0.130. The zero-order valence-corrected chi connectivity index (χ0v) is 11.9. The van der Waals surface area contributed by atoms with Gasteiger partial charge in [0.25, 0.3) is 0 Å². The van der Waals surface area contributed by atoms with Crippen molar-refractivity contribution in [1.82, 2.24) is 9.80 Å². The maximum atomic E-state index is 12.0. The van der Waals surface area contributed by atoms with E-state index < -0.39 is 0 Å². The lowest BCUT2D eigenvalue weighted by atomic mass is 9.85. The summed E-state index contributed by atoms with van der Waals surface area (Å²) in [7, 11) is 1.78. The SMILES string of the molecule is CN(CCC#N)C(=O)CN1CCCC(C)(C)CC1. The molecule has 1 amide bonds. The molecule has 1 aliphatic rings. The molecule has 1 rings (SSSR count). The second kappa shape index (κ2) is 6.75. The van der Waals surface area contributed by atoms with Crippen LogP contribution >= 0.6 is 0 Å². The molecule has 0 N–H and O–H groups in total. The minimum absolute atomic E-state index is 0.130. The van der Waals surface area contributed by atoms with E-state index in [2.05, 4.69) is 24.8 Å². The van der Waals surface area contributed by atoms with Gasteiger partial charge in [-0.15, -0.1) is 0 Å². The second-order valence-electron chi connectivity index (χ2n) is 6.02. The summed E-state index contributed by atoms with van der Waals surface area (Å²) in [6, 6.07) is 2.07. The third-order valence-electron chi connectivity index (χ3n) is 3.78. The maximum absolute atomic E-state index is 12.0. The maximum Gasteiger partial charge on any atom is 0.236 e. The van der Waals surface area contributed by atoms with Gasteiger partial charge in [0.2, 0.25) is 5.91 Å². The molecule has 0 radical (unpaired) electrons. The van der Waals surface area contributed by atoms with Crippen LogP contribution in [0.4, 0.5) is 0 Å². The van der Waals surface area contributed by atoms with Crippen molar-refractivity contribution in [3.8, 4) is 6.07 Å². The summed E-state index contributed by atoms with van der Waals surface area (Å²) >= 11 is 0. The highest BCUT2D eigenvalue weighted by molar-refractivity contribution is 5.78. The number of hydrogen-bond donors (Lipinski definition) is 0. The van der Waals surface area contributed by atoms with E-state index in [0.29, 0.717) is 24.9 Å². The molecule has 1 saturated heterocycles. The quantitative estimate of drug-likeness (QED) is 0.766. The first-order valence-corrected chi connectivity index (χ1v) is 6.78. The first-order valence-electron chi connectivity index (χ1n) is 6.78. The van der Waals surface area contributed by atoms with Crippen molar-refractivity contribution in [1.29, 1.82) is 5.26 Å². The zero-order valence-electron chi connectivity index (χ0n) is 11.9. The van der Waals surface area contributed by atoms with Crippen molar-refractivity contribution in [2.75, 3.05) is 33.2 Å². The molecule has 0 atom stereocenters. The summed E-state index contributed by atoms with van der Waals surface area (Å²) in [5, 5.41) is 8.51. The normalized spacial score (nSPS) is 19.9. The van der Waals surface area contributed by atoms with Crippen LogP contribution in [0.5, 0.6) is 0 Å². The van der Waals surface area contributed by atoms with E-state index in [0.717, 1.165) is 19.5 Å². The van der Waals surface area contributed by atoms with E-state index >= 15 is 0 Å². The number of nitrogens with zero attached hydrogens (tertiary/aromatic N) is 3. The fourth-order valence-electron chi connectivity index (χ4n) is 2.29. The number of likely N-dealkylation sites (tertiary alicyclic amines) is 1. The third-order valence-corrected chi connectivity index (χ3v) is 3.78. The van der Waals surface area contributed by atoms with Crippen molar-refractivity contribution in [3.05, 3.63) is 0 Å².